The molecule has 0 amide bonds. The minimum atomic E-state index is -0.167. The fourth-order valence-electron chi connectivity index (χ4n) is 4.76. The molecule has 0 aromatic heterocycles. The third-order valence-electron chi connectivity index (χ3n) is 6.50. The molecule has 1 N–H and O–H groups in total. The molecule has 1 fully saturated rings. The first-order valence-electron chi connectivity index (χ1n) is 10.3. The zero-order chi connectivity index (χ0) is 20.6. The highest BCUT2D eigenvalue weighted by Crippen LogP contribution is 2.50. The lowest BCUT2D eigenvalue weighted by molar-refractivity contribution is 0.179. The third kappa shape index (κ3) is 3.86. The van der Waals surface area contributed by atoms with Gasteiger partial charge >= 0.3 is 0 Å². The summed E-state index contributed by atoms with van der Waals surface area (Å²) in [5.74, 6) is -0.167. The van der Waals surface area contributed by atoms with Crippen molar-refractivity contribution in [3.05, 3.63) is 82.8 Å². The van der Waals surface area contributed by atoms with Gasteiger partial charge < -0.3 is 10.2 Å². The largest absolute Gasteiger partial charge is 0.358 e. The number of benzene rings is 2. The smallest absolute Gasteiger partial charge is 0.130 e. The summed E-state index contributed by atoms with van der Waals surface area (Å²) in [5.41, 5.74) is 5.97. The van der Waals surface area contributed by atoms with Gasteiger partial charge in [0.2, 0.25) is 0 Å². The van der Waals surface area contributed by atoms with Crippen molar-refractivity contribution in [2.24, 2.45) is 0 Å². The van der Waals surface area contributed by atoms with E-state index in [1.807, 2.05) is 25.1 Å². The Kier molecular flexibility index (Phi) is 5.54. The van der Waals surface area contributed by atoms with Gasteiger partial charge in [-0.05, 0) is 93.2 Å². The predicted octanol–water partition coefficient (Wildman–Crippen LogP) is 6.42. The maximum absolute atomic E-state index is 14.1. The van der Waals surface area contributed by atoms with Gasteiger partial charge in [0, 0.05) is 27.4 Å². The average Bonchev–Trinajstić information content (AvgIpc) is 2.94. The lowest BCUT2D eigenvalue weighted by Gasteiger charge is -2.40. The normalized spacial score (nSPS) is 18.0. The molecule has 2 heterocycles. The van der Waals surface area contributed by atoms with Crippen molar-refractivity contribution < 1.29 is 4.39 Å². The Morgan fingerprint density at radius 2 is 1.97 bits per heavy atom. The van der Waals surface area contributed by atoms with Crippen LogP contribution in [0.15, 0.2) is 55.3 Å². The van der Waals surface area contributed by atoms with Crippen LogP contribution in [0.1, 0.15) is 42.9 Å². The van der Waals surface area contributed by atoms with Crippen LogP contribution in [0.4, 0.5) is 10.1 Å². The van der Waals surface area contributed by atoms with Crippen LogP contribution < -0.4 is 5.32 Å². The molecule has 4 heteroatoms. The number of anilines is 1. The van der Waals surface area contributed by atoms with E-state index < -0.39 is 0 Å². The molecule has 152 valence electrons. The van der Waals surface area contributed by atoms with Crippen LogP contribution in [0.3, 0.4) is 0 Å². The molecule has 0 radical (unpaired) electrons. The van der Waals surface area contributed by atoms with Gasteiger partial charge in [-0.2, -0.15) is 0 Å². The first kappa shape index (κ1) is 20.2. The van der Waals surface area contributed by atoms with Gasteiger partial charge in [-0.3, -0.25) is 0 Å². The molecule has 2 aliphatic heterocycles. The van der Waals surface area contributed by atoms with Crippen molar-refractivity contribution in [3.8, 4) is 0 Å². The van der Waals surface area contributed by atoms with E-state index >= 15 is 0 Å². The molecule has 0 bridgehead atoms. The molecule has 29 heavy (non-hydrogen) atoms. The minimum absolute atomic E-state index is 0.00175. The summed E-state index contributed by atoms with van der Waals surface area (Å²) in [6, 6.07) is 11.6. The Morgan fingerprint density at radius 3 is 2.66 bits per heavy atom. The number of hydrogen-bond acceptors (Lipinski definition) is 2. The van der Waals surface area contributed by atoms with E-state index in [1.165, 1.54) is 5.56 Å². The molecule has 2 aliphatic rings. The number of halogens is 2. The van der Waals surface area contributed by atoms with Crippen molar-refractivity contribution >= 4 is 22.9 Å². The fourth-order valence-corrected chi connectivity index (χ4v) is 4.93. The summed E-state index contributed by atoms with van der Waals surface area (Å²) in [7, 11) is 0. The summed E-state index contributed by atoms with van der Waals surface area (Å²) in [6.07, 6.45) is 4.02. The van der Waals surface area contributed by atoms with Gasteiger partial charge in [-0.15, -0.1) is 0 Å². The van der Waals surface area contributed by atoms with Crippen LogP contribution in [-0.4, -0.2) is 24.5 Å². The number of hydrogen-bond donors (Lipinski definition) is 1. The maximum atomic E-state index is 14.1. The first-order valence-corrected chi connectivity index (χ1v) is 10.7. The Labute approximate surface area is 178 Å². The predicted molar refractivity (Wildman–Crippen MR) is 121 cm³/mol. The fraction of sp³-hybridized carbons (Fsp3) is 0.360. The monoisotopic (exact) mass is 410 g/mol. The molecule has 0 atom stereocenters. The zero-order valence-corrected chi connectivity index (χ0v) is 17.8. The molecule has 2 aromatic carbocycles. The second kappa shape index (κ2) is 7.97. The number of nitrogens with one attached hydrogen (secondary N) is 1. The molecule has 2 nitrogen and oxygen atoms in total. The van der Waals surface area contributed by atoms with Crippen molar-refractivity contribution in [1.82, 2.24) is 4.90 Å². The number of likely N-dealkylation sites (tertiary alicyclic amines) is 1. The summed E-state index contributed by atoms with van der Waals surface area (Å²) in [4.78, 5) is 2.51. The van der Waals surface area contributed by atoms with E-state index in [0.717, 1.165) is 72.9 Å². The number of piperidine rings is 1. The Balaban J connectivity index is 1.33. The number of fused-ring (bicyclic) bond motifs is 2. The molecule has 0 aliphatic carbocycles. The Morgan fingerprint density at radius 1 is 1.21 bits per heavy atom. The van der Waals surface area contributed by atoms with Crippen molar-refractivity contribution in [1.29, 1.82) is 0 Å². The molecule has 1 saturated heterocycles. The van der Waals surface area contributed by atoms with Gasteiger partial charge in [0.15, 0.2) is 0 Å². The van der Waals surface area contributed by atoms with Crippen LogP contribution in [0, 0.1) is 5.82 Å². The third-order valence-corrected chi connectivity index (χ3v) is 6.74. The second-order valence-electron chi connectivity index (χ2n) is 8.42. The summed E-state index contributed by atoms with van der Waals surface area (Å²) in [6.45, 7) is 13.1. The van der Waals surface area contributed by atoms with E-state index in [-0.39, 0.29) is 11.2 Å². The van der Waals surface area contributed by atoms with Crippen molar-refractivity contribution in [2.75, 3.05) is 25.0 Å². The summed E-state index contributed by atoms with van der Waals surface area (Å²) < 4.78 is 14.1. The highest BCUT2D eigenvalue weighted by atomic mass is 35.5. The molecule has 1 spiro atoms. The zero-order valence-electron chi connectivity index (χ0n) is 17.0. The maximum Gasteiger partial charge on any atom is 0.130 e. The van der Waals surface area contributed by atoms with Crippen LogP contribution in [0.5, 0.6) is 0 Å². The Hall–Kier alpha value is -2.10. The number of allylic oxidation sites excluding steroid dienone is 2. The van der Waals surface area contributed by atoms with Gasteiger partial charge in [0.25, 0.3) is 0 Å². The lowest BCUT2D eigenvalue weighted by atomic mass is 9.72. The standard InChI is InChI=1S/C25H28ClFN2/c1-17(2)21-8-6-19(15-23(21)27)5-4-12-29-13-10-25(11-14-29)18(3)28-24-9-7-20(26)16-22(24)25/h6-9,15-16,28H,1,3-5,10-14H2,2H3. The van der Waals surface area contributed by atoms with Gasteiger partial charge in [-0.1, -0.05) is 36.9 Å². The quantitative estimate of drug-likeness (QED) is 0.611. The number of aryl methyl sites for hydroxylation is 1. The number of rotatable bonds is 5. The van der Waals surface area contributed by atoms with Crippen molar-refractivity contribution in [2.45, 2.75) is 38.0 Å². The molecule has 4 rings (SSSR count). The van der Waals surface area contributed by atoms with Gasteiger partial charge in [0.1, 0.15) is 5.82 Å². The SMILES string of the molecule is C=C(C)c1ccc(CCCN2CCC3(CC2)C(=C)Nc2ccc(Cl)cc23)cc1F. The summed E-state index contributed by atoms with van der Waals surface area (Å²) >= 11 is 6.27. The molecule has 0 saturated carbocycles. The highest BCUT2D eigenvalue weighted by Gasteiger charge is 2.44. The van der Waals surface area contributed by atoms with E-state index in [0.29, 0.717) is 5.56 Å². The molecular formula is C25H28ClFN2. The first-order chi connectivity index (χ1) is 13.9. The van der Waals surface area contributed by atoms with Gasteiger partial charge in [-0.25, -0.2) is 4.39 Å². The van der Waals surface area contributed by atoms with E-state index in [2.05, 4.69) is 35.5 Å². The number of nitrogens with zero attached hydrogens (tertiary/aromatic N) is 1. The summed E-state index contributed by atoms with van der Waals surface area (Å²) in [5, 5.41) is 4.25. The molecule has 0 unspecified atom stereocenters. The average molecular weight is 411 g/mol. The van der Waals surface area contributed by atoms with Crippen LogP contribution in [0.25, 0.3) is 5.57 Å². The molecule has 2 aromatic rings. The van der Waals surface area contributed by atoms with Crippen LogP contribution >= 0.6 is 11.6 Å². The van der Waals surface area contributed by atoms with Gasteiger partial charge in [0.05, 0.1) is 0 Å². The van der Waals surface area contributed by atoms with Crippen molar-refractivity contribution in [3.63, 3.8) is 0 Å². The Bertz CT molecular complexity index is 957. The van der Waals surface area contributed by atoms with E-state index in [1.54, 1.807) is 6.07 Å². The minimum Gasteiger partial charge on any atom is -0.358 e. The lowest BCUT2D eigenvalue weighted by Crippen LogP contribution is -2.43. The van der Waals surface area contributed by atoms with E-state index in [4.69, 9.17) is 11.6 Å². The van der Waals surface area contributed by atoms with E-state index in [9.17, 15) is 4.39 Å². The van der Waals surface area contributed by atoms with Crippen LogP contribution in [0.2, 0.25) is 5.02 Å². The topological polar surface area (TPSA) is 15.3 Å². The second-order valence-corrected chi connectivity index (χ2v) is 8.85. The van der Waals surface area contributed by atoms with Crippen LogP contribution in [-0.2, 0) is 11.8 Å². The molecular weight excluding hydrogens is 383 g/mol. The highest BCUT2D eigenvalue weighted by molar-refractivity contribution is 6.30.